The summed E-state index contributed by atoms with van der Waals surface area (Å²) in [6.45, 7) is 4.48. The van der Waals surface area contributed by atoms with Crippen LogP contribution in [0.1, 0.15) is 17.5 Å². The van der Waals surface area contributed by atoms with Gasteiger partial charge in [-0.15, -0.1) is 0 Å². The predicted molar refractivity (Wildman–Crippen MR) is 74.1 cm³/mol. The lowest BCUT2D eigenvalue weighted by Gasteiger charge is -2.18. The van der Waals surface area contributed by atoms with Gasteiger partial charge >= 0.3 is 0 Å². The fourth-order valence-corrected chi connectivity index (χ4v) is 3.19. The molecule has 18 heavy (non-hydrogen) atoms. The lowest BCUT2D eigenvalue weighted by atomic mass is 10.0. The van der Waals surface area contributed by atoms with Gasteiger partial charge in [-0.25, -0.2) is 0 Å². The van der Waals surface area contributed by atoms with E-state index in [1.807, 2.05) is 7.11 Å². The second-order valence-corrected chi connectivity index (χ2v) is 5.47. The second kappa shape index (κ2) is 4.90. The zero-order valence-corrected chi connectivity index (χ0v) is 11.4. The Labute approximate surface area is 109 Å². The lowest BCUT2D eigenvalue weighted by molar-refractivity contribution is 0.107. The first-order valence-corrected chi connectivity index (χ1v) is 6.85. The number of benzene rings is 1. The summed E-state index contributed by atoms with van der Waals surface area (Å²) in [6, 6.07) is 6.73. The Bertz CT molecular complexity index is 433. The van der Waals surface area contributed by atoms with E-state index in [9.17, 15) is 0 Å². The number of likely N-dealkylation sites (N-methyl/N-ethyl adjacent to an activating group) is 1. The lowest BCUT2D eigenvalue weighted by Crippen LogP contribution is -2.22. The van der Waals surface area contributed by atoms with E-state index in [0.29, 0.717) is 6.10 Å². The van der Waals surface area contributed by atoms with Crippen LogP contribution in [0.4, 0.5) is 5.69 Å². The predicted octanol–water partition coefficient (Wildman–Crippen LogP) is 1.90. The number of methoxy groups -OCH3 is 1. The van der Waals surface area contributed by atoms with Gasteiger partial charge in [-0.2, -0.15) is 0 Å². The smallest absolute Gasteiger partial charge is 0.0710 e. The van der Waals surface area contributed by atoms with Crippen LogP contribution in [0.3, 0.4) is 0 Å². The van der Waals surface area contributed by atoms with Crippen LogP contribution in [0.2, 0.25) is 0 Å². The molecular weight excluding hydrogens is 224 g/mol. The van der Waals surface area contributed by atoms with E-state index in [2.05, 4.69) is 35.0 Å². The van der Waals surface area contributed by atoms with Gasteiger partial charge in [0.25, 0.3) is 0 Å². The molecule has 0 amide bonds. The molecule has 3 rings (SSSR count). The van der Waals surface area contributed by atoms with E-state index < -0.39 is 0 Å². The molecule has 0 unspecified atom stereocenters. The highest BCUT2D eigenvalue weighted by Gasteiger charge is 2.24. The van der Waals surface area contributed by atoms with Gasteiger partial charge in [0.15, 0.2) is 0 Å². The number of fused-ring (bicyclic) bond motifs is 1. The van der Waals surface area contributed by atoms with Gasteiger partial charge in [0.2, 0.25) is 0 Å². The molecule has 0 aromatic heterocycles. The maximum Gasteiger partial charge on any atom is 0.0710 e. The first-order valence-electron chi connectivity index (χ1n) is 6.85. The van der Waals surface area contributed by atoms with Gasteiger partial charge in [0, 0.05) is 46.0 Å². The van der Waals surface area contributed by atoms with Crippen LogP contribution in [-0.4, -0.2) is 44.8 Å². The third-order valence-corrected chi connectivity index (χ3v) is 4.31. The van der Waals surface area contributed by atoms with E-state index in [1.54, 1.807) is 5.56 Å². The average Bonchev–Trinajstić information content (AvgIpc) is 2.98. The fraction of sp³-hybridized carbons (Fsp3) is 0.600. The molecule has 0 bridgehead atoms. The molecule has 1 aromatic rings. The van der Waals surface area contributed by atoms with E-state index in [-0.39, 0.29) is 0 Å². The molecule has 0 radical (unpaired) electrons. The number of rotatable bonds is 3. The Morgan fingerprint density at radius 1 is 1.33 bits per heavy atom. The number of hydrogen-bond donors (Lipinski definition) is 0. The quantitative estimate of drug-likeness (QED) is 0.810. The second-order valence-electron chi connectivity index (χ2n) is 5.47. The SMILES string of the molecule is CO[C@H]1CCN(Cc2cccc3c2CCN3C)C1. The first kappa shape index (κ1) is 12.0. The summed E-state index contributed by atoms with van der Waals surface area (Å²) in [5.74, 6) is 0. The van der Waals surface area contributed by atoms with Gasteiger partial charge < -0.3 is 9.64 Å². The molecule has 0 N–H and O–H groups in total. The molecule has 1 fully saturated rings. The van der Waals surface area contributed by atoms with Crippen molar-refractivity contribution >= 4 is 5.69 Å². The molecule has 0 saturated carbocycles. The van der Waals surface area contributed by atoms with Gasteiger partial charge in [-0.1, -0.05) is 12.1 Å². The fourth-order valence-electron chi connectivity index (χ4n) is 3.19. The van der Waals surface area contributed by atoms with Gasteiger partial charge in [-0.05, 0) is 30.0 Å². The van der Waals surface area contributed by atoms with Crippen LogP contribution in [0.5, 0.6) is 0 Å². The molecule has 3 nitrogen and oxygen atoms in total. The third kappa shape index (κ3) is 2.13. The molecule has 1 atom stereocenters. The Morgan fingerprint density at radius 3 is 3.00 bits per heavy atom. The van der Waals surface area contributed by atoms with E-state index in [4.69, 9.17) is 4.74 Å². The van der Waals surface area contributed by atoms with Crippen molar-refractivity contribution < 1.29 is 4.74 Å². The summed E-state index contributed by atoms with van der Waals surface area (Å²) in [7, 11) is 4.01. The normalized spacial score (nSPS) is 23.7. The highest BCUT2D eigenvalue weighted by molar-refractivity contribution is 5.60. The minimum absolute atomic E-state index is 0.435. The van der Waals surface area contributed by atoms with E-state index in [1.165, 1.54) is 24.1 Å². The van der Waals surface area contributed by atoms with Crippen molar-refractivity contribution in [3.05, 3.63) is 29.3 Å². The van der Waals surface area contributed by atoms with Crippen LogP contribution in [-0.2, 0) is 17.7 Å². The zero-order valence-electron chi connectivity index (χ0n) is 11.4. The summed E-state index contributed by atoms with van der Waals surface area (Å²) >= 11 is 0. The van der Waals surface area contributed by atoms with Gasteiger partial charge in [-0.3, -0.25) is 4.90 Å². The standard InChI is InChI=1S/C15H22N2O/c1-16-8-7-14-12(4-3-5-15(14)16)10-17-9-6-13(11-17)18-2/h3-5,13H,6-11H2,1-2H3/t13-/m0/s1. The average molecular weight is 246 g/mol. The van der Waals surface area contributed by atoms with Crippen molar-refractivity contribution in [2.24, 2.45) is 0 Å². The Balaban J connectivity index is 1.74. The van der Waals surface area contributed by atoms with Crippen LogP contribution in [0.25, 0.3) is 0 Å². The van der Waals surface area contributed by atoms with E-state index in [0.717, 1.165) is 26.2 Å². The molecule has 1 aromatic carbocycles. The third-order valence-electron chi connectivity index (χ3n) is 4.31. The first-order chi connectivity index (χ1) is 8.78. The van der Waals surface area contributed by atoms with Crippen molar-refractivity contribution in [3.63, 3.8) is 0 Å². The number of nitrogens with zero attached hydrogens (tertiary/aromatic N) is 2. The number of ether oxygens (including phenoxy) is 1. The largest absolute Gasteiger partial charge is 0.380 e. The van der Waals surface area contributed by atoms with Crippen LogP contribution in [0, 0.1) is 0 Å². The van der Waals surface area contributed by atoms with E-state index >= 15 is 0 Å². The molecule has 2 aliphatic heterocycles. The number of hydrogen-bond acceptors (Lipinski definition) is 3. The minimum Gasteiger partial charge on any atom is -0.380 e. The summed E-state index contributed by atoms with van der Waals surface area (Å²) in [5, 5.41) is 0. The molecule has 1 saturated heterocycles. The highest BCUT2D eigenvalue weighted by atomic mass is 16.5. The van der Waals surface area contributed by atoms with Crippen molar-refractivity contribution in [3.8, 4) is 0 Å². The molecule has 3 heteroatoms. The molecule has 2 heterocycles. The Kier molecular flexibility index (Phi) is 3.27. The number of anilines is 1. The van der Waals surface area contributed by atoms with Crippen molar-refractivity contribution in [1.82, 2.24) is 4.90 Å². The molecule has 0 spiro atoms. The number of likely N-dealkylation sites (tertiary alicyclic amines) is 1. The summed E-state index contributed by atoms with van der Waals surface area (Å²) in [4.78, 5) is 4.88. The topological polar surface area (TPSA) is 15.7 Å². The molecule has 2 aliphatic rings. The Hall–Kier alpha value is -1.06. The van der Waals surface area contributed by atoms with Crippen LogP contribution >= 0.6 is 0 Å². The zero-order chi connectivity index (χ0) is 12.5. The summed E-state index contributed by atoms with van der Waals surface area (Å²) < 4.78 is 5.44. The summed E-state index contributed by atoms with van der Waals surface area (Å²) in [5.41, 5.74) is 4.49. The van der Waals surface area contributed by atoms with Crippen molar-refractivity contribution in [1.29, 1.82) is 0 Å². The van der Waals surface area contributed by atoms with Crippen molar-refractivity contribution in [2.75, 3.05) is 38.7 Å². The molecular formula is C15H22N2O. The van der Waals surface area contributed by atoms with Gasteiger partial charge in [0.1, 0.15) is 0 Å². The maximum atomic E-state index is 5.44. The van der Waals surface area contributed by atoms with Crippen LogP contribution in [0.15, 0.2) is 18.2 Å². The monoisotopic (exact) mass is 246 g/mol. The molecule has 0 aliphatic carbocycles. The van der Waals surface area contributed by atoms with Crippen molar-refractivity contribution in [2.45, 2.75) is 25.5 Å². The van der Waals surface area contributed by atoms with Gasteiger partial charge in [0.05, 0.1) is 6.10 Å². The van der Waals surface area contributed by atoms with Crippen LogP contribution < -0.4 is 4.90 Å². The summed E-state index contributed by atoms with van der Waals surface area (Å²) in [6.07, 6.45) is 2.80. The molecule has 98 valence electrons. The minimum atomic E-state index is 0.435. The highest BCUT2D eigenvalue weighted by Crippen LogP contribution is 2.30. The maximum absolute atomic E-state index is 5.44. The Morgan fingerprint density at radius 2 is 2.22 bits per heavy atom.